The number of para-hydroxylation sites is 1. The molecule has 1 saturated heterocycles. The first kappa shape index (κ1) is 49.9. The van der Waals surface area contributed by atoms with Crippen LogP contribution in [0.25, 0.3) is 48.4 Å². The highest BCUT2D eigenvalue weighted by atomic mass is 32.1. The first-order valence-electron chi connectivity index (χ1n) is 25.8. The molecule has 3 unspecified atom stereocenters. The molecule has 0 amide bonds. The van der Waals surface area contributed by atoms with Gasteiger partial charge in [-0.15, -0.1) is 32.9 Å². The Hall–Kier alpha value is -8.92. The minimum Gasteiger partial charge on any atom is -0.380 e. The number of nitrogens with one attached hydrogen (secondary N) is 3. The van der Waals surface area contributed by atoms with Crippen LogP contribution in [0.1, 0.15) is 98.1 Å². The Bertz CT molecular complexity index is 3710. The summed E-state index contributed by atoms with van der Waals surface area (Å²) in [6.07, 6.45) is 15.8. The number of fused-ring (bicyclic) bond motifs is 3. The van der Waals surface area contributed by atoms with E-state index in [4.69, 9.17) is 4.74 Å². The molecule has 0 spiro atoms. The summed E-state index contributed by atoms with van der Waals surface area (Å²) in [6, 6.07) is 37.5. The summed E-state index contributed by atoms with van der Waals surface area (Å²) in [7, 11) is 0. The molecule has 1 aliphatic heterocycles. The van der Waals surface area contributed by atoms with Crippen molar-refractivity contribution in [2.24, 2.45) is 0 Å². The van der Waals surface area contributed by atoms with Gasteiger partial charge in [0, 0.05) is 29.4 Å². The molecule has 1 aliphatic carbocycles. The summed E-state index contributed by atoms with van der Waals surface area (Å²) in [5, 5.41) is 38.9. The number of ether oxygens (including phenoxy) is 1. The third-order valence-electron chi connectivity index (χ3n) is 14.1. The normalized spacial score (nSPS) is 14.6. The molecule has 1 saturated carbocycles. The van der Waals surface area contributed by atoms with Crippen molar-refractivity contribution in [2.75, 3.05) is 29.2 Å². The Morgan fingerprint density at radius 3 is 1.44 bits per heavy atom. The van der Waals surface area contributed by atoms with Crippen LogP contribution in [0, 0.1) is 0 Å². The largest absolute Gasteiger partial charge is 0.380 e. The van der Waals surface area contributed by atoms with E-state index in [0.29, 0.717) is 11.8 Å². The zero-order chi connectivity index (χ0) is 52.8. The zero-order valence-corrected chi connectivity index (χ0v) is 44.6. The third-order valence-corrected chi connectivity index (χ3v) is 15.8. The summed E-state index contributed by atoms with van der Waals surface area (Å²) in [5.41, 5.74) is 9.58. The molecule has 78 heavy (non-hydrogen) atoms. The Kier molecular flexibility index (Phi) is 14.6. The number of anilines is 3. The second-order valence-electron chi connectivity index (χ2n) is 19.2. The molecule has 2 fully saturated rings. The molecule has 12 aromatic rings. The Labute approximate surface area is 456 Å². The van der Waals surface area contributed by atoms with E-state index in [2.05, 4.69) is 170 Å². The van der Waals surface area contributed by atoms with Crippen molar-refractivity contribution in [2.45, 2.75) is 70.0 Å². The van der Waals surface area contributed by atoms with Gasteiger partial charge in [0.2, 0.25) is 0 Å². The first-order valence-corrected chi connectivity index (χ1v) is 27.6. The van der Waals surface area contributed by atoms with E-state index in [1.807, 2.05) is 68.8 Å². The minimum atomic E-state index is 0.119. The molecular weight excluding hydrogens is 1020 g/mol. The molecule has 0 bridgehead atoms. The van der Waals surface area contributed by atoms with Crippen molar-refractivity contribution in [3.63, 3.8) is 0 Å². The summed E-state index contributed by atoms with van der Waals surface area (Å²) in [6.45, 7) is 7.85. The lowest BCUT2D eigenvalue weighted by Crippen LogP contribution is -2.25. The highest BCUT2D eigenvalue weighted by Crippen LogP contribution is 2.35. The van der Waals surface area contributed by atoms with Gasteiger partial charge >= 0.3 is 0 Å². The number of rotatable bonds is 14. The molecule has 8 aromatic heterocycles. The van der Waals surface area contributed by atoms with Crippen LogP contribution in [0.3, 0.4) is 0 Å². The number of hydrogen-bond acceptors (Lipinski definition) is 18. The van der Waals surface area contributed by atoms with Gasteiger partial charge in [0.1, 0.15) is 58.8 Å². The van der Waals surface area contributed by atoms with Crippen molar-refractivity contribution in [3.05, 3.63) is 192 Å². The SMILES string of the molecule is CC(Nc1ncnc2ccccc12)c1ccc(-n2cncn2)cc1.CC(Nc1ncnc2sccc12)c1ccc(-n2cc(C3CCC3)nn2)cc1.CC(Nc1ncnc2sccc12)c1ccc(-n2cc(C3COC3)nn2)cc1. The van der Waals surface area contributed by atoms with Crippen molar-refractivity contribution in [1.82, 2.24) is 74.7 Å². The van der Waals surface area contributed by atoms with Crippen molar-refractivity contribution < 1.29 is 4.74 Å². The number of thiophene rings is 2. The molecular formula is C57H54N18OS2. The maximum Gasteiger partial charge on any atom is 0.138 e. The molecule has 3 atom stereocenters. The van der Waals surface area contributed by atoms with Crippen LogP contribution in [0.15, 0.2) is 164 Å². The topological polar surface area (TPSA) is 215 Å². The van der Waals surface area contributed by atoms with E-state index in [0.717, 1.165) is 90.5 Å². The van der Waals surface area contributed by atoms with Crippen LogP contribution < -0.4 is 16.0 Å². The Balaban J connectivity index is 0.000000117. The number of benzene rings is 4. The van der Waals surface area contributed by atoms with E-state index < -0.39 is 0 Å². The van der Waals surface area contributed by atoms with Crippen LogP contribution in [0.2, 0.25) is 0 Å². The summed E-state index contributed by atoms with van der Waals surface area (Å²) < 4.78 is 10.6. The first-order chi connectivity index (χ1) is 38.4. The molecule has 4 aromatic carbocycles. The predicted molar refractivity (Wildman–Crippen MR) is 305 cm³/mol. The molecule has 390 valence electrons. The van der Waals surface area contributed by atoms with Gasteiger partial charge in [0.05, 0.1) is 76.3 Å². The van der Waals surface area contributed by atoms with Crippen molar-refractivity contribution >= 4 is 71.5 Å². The Morgan fingerprint density at radius 2 is 0.974 bits per heavy atom. The van der Waals surface area contributed by atoms with E-state index in [9.17, 15) is 0 Å². The number of nitrogens with zero attached hydrogens (tertiary/aromatic N) is 15. The molecule has 21 heteroatoms. The average Bonchev–Trinajstić information content (AvgIpc) is 4.33. The fourth-order valence-electron chi connectivity index (χ4n) is 9.17. The highest BCUT2D eigenvalue weighted by Gasteiger charge is 2.25. The lowest BCUT2D eigenvalue weighted by Gasteiger charge is -2.23. The lowest BCUT2D eigenvalue weighted by molar-refractivity contribution is 0.00667. The molecule has 3 N–H and O–H groups in total. The van der Waals surface area contributed by atoms with Gasteiger partial charge in [-0.25, -0.2) is 48.9 Å². The van der Waals surface area contributed by atoms with Crippen LogP contribution in [-0.4, -0.2) is 87.9 Å². The van der Waals surface area contributed by atoms with Gasteiger partial charge in [0.25, 0.3) is 0 Å². The third kappa shape index (κ3) is 11.0. The monoisotopic (exact) mass is 1070 g/mol. The molecule has 19 nitrogen and oxygen atoms in total. The van der Waals surface area contributed by atoms with Crippen LogP contribution in [-0.2, 0) is 4.74 Å². The average molecular weight is 1070 g/mol. The van der Waals surface area contributed by atoms with Crippen LogP contribution >= 0.6 is 22.7 Å². The van der Waals surface area contributed by atoms with E-state index >= 15 is 0 Å². The zero-order valence-electron chi connectivity index (χ0n) is 42.9. The standard InChI is InChI=1S/C20H20N6S.C19H18N6OS.C18H16N6/c1-13(23-19-17-9-10-27-20(17)22-12-21-19)14-5-7-16(8-6-14)26-11-18(24-25-26)15-3-2-4-15;1-12(22-18-16-6-7-27-19(16)21-11-20-18)13-2-4-15(5-3-13)25-8-17(23-24-25)14-9-26-10-14;1-13(14-6-8-15(9-7-14)24-12-19-10-22-24)23-18-16-4-2-3-5-17(16)20-11-21-18/h5-13,15H,2-4H2,1H3,(H,21,22,23);2-8,11-12,14H,9-10H2,1H3,(H,20,21,22);2-13H,1H3,(H,20,21,23). The second-order valence-corrected chi connectivity index (χ2v) is 21.0. The van der Waals surface area contributed by atoms with Gasteiger partial charge in [-0.2, -0.15) is 5.10 Å². The molecule has 9 heterocycles. The van der Waals surface area contributed by atoms with Gasteiger partial charge in [-0.3, -0.25) is 0 Å². The smallest absolute Gasteiger partial charge is 0.138 e. The van der Waals surface area contributed by atoms with Gasteiger partial charge in [-0.1, -0.05) is 65.4 Å². The number of aromatic nitrogens is 15. The van der Waals surface area contributed by atoms with E-state index in [-0.39, 0.29) is 18.1 Å². The summed E-state index contributed by atoms with van der Waals surface area (Å²) >= 11 is 3.25. The minimum absolute atomic E-state index is 0.119. The van der Waals surface area contributed by atoms with Crippen LogP contribution in [0.5, 0.6) is 0 Å². The maximum absolute atomic E-state index is 5.22. The van der Waals surface area contributed by atoms with Gasteiger partial charge in [0.15, 0.2) is 0 Å². The van der Waals surface area contributed by atoms with Gasteiger partial charge in [-0.05, 0) is 122 Å². The van der Waals surface area contributed by atoms with E-state index in [1.165, 1.54) is 42.3 Å². The highest BCUT2D eigenvalue weighted by molar-refractivity contribution is 7.17. The van der Waals surface area contributed by atoms with Crippen molar-refractivity contribution in [3.8, 4) is 17.1 Å². The predicted octanol–water partition coefficient (Wildman–Crippen LogP) is 11.7. The maximum atomic E-state index is 5.22. The number of hydrogen-bond donors (Lipinski definition) is 3. The van der Waals surface area contributed by atoms with Crippen LogP contribution in [0.4, 0.5) is 17.5 Å². The molecule has 2 aliphatic rings. The van der Waals surface area contributed by atoms with E-state index in [1.54, 1.807) is 52.7 Å². The molecule has 0 radical (unpaired) electrons. The lowest BCUT2D eigenvalue weighted by atomic mass is 9.83. The second kappa shape index (κ2) is 22.7. The fourth-order valence-corrected chi connectivity index (χ4v) is 10.6. The Morgan fingerprint density at radius 1 is 0.500 bits per heavy atom. The van der Waals surface area contributed by atoms with Gasteiger partial charge < -0.3 is 20.7 Å². The summed E-state index contributed by atoms with van der Waals surface area (Å²) in [4.78, 5) is 32.0. The summed E-state index contributed by atoms with van der Waals surface area (Å²) in [5.74, 6) is 3.56. The fraction of sp³-hybridized carbons (Fsp3) is 0.228. The quantitative estimate of drug-likeness (QED) is 0.0923. The van der Waals surface area contributed by atoms with Crippen molar-refractivity contribution in [1.29, 1.82) is 0 Å². The molecule has 14 rings (SSSR count).